The van der Waals surface area contributed by atoms with E-state index in [2.05, 4.69) is 5.32 Å². The van der Waals surface area contributed by atoms with E-state index in [0.717, 1.165) is 16.7 Å². The van der Waals surface area contributed by atoms with Crippen LogP contribution in [-0.2, 0) is 55.9 Å². The summed E-state index contributed by atoms with van der Waals surface area (Å²) in [6.07, 6.45) is -6.35. The number of amides is 2. The number of nitrogens with zero attached hydrogens (tertiary/aromatic N) is 2. The van der Waals surface area contributed by atoms with Gasteiger partial charge in [0.15, 0.2) is 12.3 Å². The van der Waals surface area contributed by atoms with Crippen molar-refractivity contribution in [2.75, 3.05) is 40.2 Å². The molecule has 12 atom stereocenters. The minimum absolute atomic E-state index is 0.00228. The van der Waals surface area contributed by atoms with Crippen LogP contribution in [0.3, 0.4) is 0 Å². The Morgan fingerprint density at radius 1 is 1.04 bits per heavy atom. The summed E-state index contributed by atoms with van der Waals surface area (Å²) in [5.74, 6) is -1.58. The Kier molecular flexibility index (Phi) is 12.0. The smallest absolute Gasteiger partial charge is 0.327 e. The van der Waals surface area contributed by atoms with E-state index in [9.17, 15) is 35.1 Å². The minimum atomic E-state index is -1.55. The summed E-state index contributed by atoms with van der Waals surface area (Å²) in [7, 11) is 1.54. The van der Waals surface area contributed by atoms with Crippen molar-refractivity contribution in [2.45, 2.75) is 86.6 Å². The van der Waals surface area contributed by atoms with Crippen LogP contribution in [0.15, 0.2) is 60.7 Å². The highest BCUT2D eigenvalue weighted by molar-refractivity contribution is 5.96. The third-order valence-corrected chi connectivity index (χ3v) is 11.0. The third-order valence-electron chi connectivity index (χ3n) is 11.0. The van der Waals surface area contributed by atoms with Crippen LogP contribution in [0.4, 0.5) is 0 Å². The van der Waals surface area contributed by atoms with Crippen LogP contribution in [0.5, 0.6) is 0 Å². The number of aliphatic hydroxyl groups is 5. The van der Waals surface area contributed by atoms with Gasteiger partial charge in [0.1, 0.15) is 67.1 Å². The highest BCUT2D eigenvalue weighted by Crippen LogP contribution is 2.56. The zero-order chi connectivity index (χ0) is 38.9. The van der Waals surface area contributed by atoms with Gasteiger partial charge in [0.2, 0.25) is 11.8 Å². The quantitative estimate of drug-likeness (QED) is 0.117. The van der Waals surface area contributed by atoms with Crippen molar-refractivity contribution >= 4 is 23.9 Å². The average Bonchev–Trinajstić information content (AvgIpc) is 3.82. The molecular formula is C38H47N3O14. The molecule has 17 heteroatoms. The fourth-order valence-corrected chi connectivity index (χ4v) is 8.34. The Morgan fingerprint density at radius 2 is 1.80 bits per heavy atom. The molecule has 4 saturated heterocycles. The SMILES string of the molecule is CN(C(=O)[C@@]12C[C@H]3OC(=O)[C@@H]1N(Cc1cccc(C=CCO[C@H]4O[C@H](CO)[C@H](O)[C@H](O)[C@H]4O)c1)O[C@@H]2[C@H]1OCO[C@H]13)[C@H](Cc1ccccc1)C(=O)NCCO. The van der Waals surface area contributed by atoms with Crippen LogP contribution in [-0.4, -0.2) is 161 Å². The number of nitrogens with one attached hydrogen (secondary N) is 1. The van der Waals surface area contributed by atoms with Crippen molar-refractivity contribution in [1.29, 1.82) is 0 Å². The van der Waals surface area contributed by atoms with Gasteiger partial charge in [-0.1, -0.05) is 66.7 Å². The first-order valence-electron chi connectivity index (χ1n) is 18.3. The molecule has 0 unspecified atom stereocenters. The van der Waals surface area contributed by atoms with Crippen molar-refractivity contribution in [2.24, 2.45) is 5.41 Å². The molecule has 4 heterocycles. The van der Waals surface area contributed by atoms with Gasteiger partial charge in [0, 0.05) is 26.4 Å². The molecule has 298 valence electrons. The Labute approximate surface area is 316 Å². The lowest BCUT2D eigenvalue weighted by Crippen LogP contribution is -2.70. The van der Waals surface area contributed by atoms with Crippen LogP contribution < -0.4 is 5.32 Å². The van der Waals surface area contributed by atoms with Gasteiger partial charge < -0.3 is 59.4 Å². The summed E-state index contributed by atoms with van der Waals surface area (Å²) in [4.78, 5) is 50.5. The number of likely N-dealkylation sites (N-methyl/N-ethyl adjacent to an activating group) is 1. The van der Waals surface area contributed by atoms with E-state index in [1.165, 1.54) is 17.0 Å². The minimum Gasteiger partial charge on any atom is -0.458 e. The molecule has 2 aromatic carbocycles. The normalized spacial score (nSPS) is 34.6. The van der Waals surface area contributed by atoms with Gasteiger partial charge in [-0.05, 0) is 16.7 Å². The number of fused-ring (bicyclic) bond motifs is 4. The standard InChI is InChI=1S/C38H47N3O14/c1-40(24(34(47)39-12-13-42)16-22-7-3-2-4-8-22)37(49)38-17-25-30-31(52-20-51-30)33(38)55-41(32(38)35(48)53-25)18-23-10-5-9-21(15-23)11-6-14-50-36-29(46)28(45)27(44)26(19-43)54-36/h2-11,15,24-33,36,42-46H,12-14,16-20H2,1H3,(H,39,47)/t24-,25-,26-,27+,28+,29-,30+,31+,32+,33-,36+,38+/m1/s1. The lowest BCUT2D eigenvalue weighted by atomic mass is 9.62. The number of hydrogen-bond acceptors (Lipinski definition) is 15. The number of aliphatic hydroxyl groups excluding tert-OH is 5. The van der Waals surface area contributed by atoms with Gasteiger partial charge in [-0.2, -0.15) is 5.06 Å². The molecule has 0 radical (unpaired) electrons. The largest absolute Gasteiger partial charge is 0.458 e. The molecule has 5 fully saturated rings. The predicted molar refractivity (Wildman–Crippen MR) is 188 cm³/mol. The average molecular weight is 770 g/mol. The zero-order valence-corrected chi connectivity index (χ0v) is 30.2. The number of hydroxylamine groups is 2. The van der Waals surface area contributed by atoms with Crippen molar-refractivity contribution in [3.05, 3.63) is 77.4 Å². The van der Waals surface area contributed by atoms with E-state index in [1.54, 1.807) is 12.2 Å². The van der Waals surface area contributed by atoms with Crippen LogP contribution >= 0.6 is 0 Å². The summed E-state index contributed by atoms with van der Waals surface area (Å²) in [5, 5.41) is 53.3. The molecule has 2 bridgehead atoms. The van der Waals surface area contributed by atoms with E-state index in [0.29, 0.717) is 0 Å². The first kappa shape index (κ1) is 39.4. The predicted octanol–water partition coefficient (Wildman–Crippen LogP) is -1.76. The number of rotatable bonds is 14. The molecule has 17 nitrogen and oxygen atoms in total. The van der Waals surface area contributed by atoms with E-state index < -0.39 is 97.0 Å². The molecular weight excluding hydrogens is 722 g/mol. The number of ether oxygens (including phenoxy) is 5. The van der Waals surface area contributed by atoms with Crippen molar-refractivity contribution < 1.29 is 68.4 Å². The summed E-state index contributed by atoms with van der Waals surface area (Å²) in [6, 6.07) is 14.4. The molecule has 55 heavy (non-hydrogen) atoms. The van der Waals surface area contributed by atoms with E-state index in [-0.39, 0.29) is 45.9 Å². The molecule has 5 aliphatic rings. The Hall–Kier alpha value is -3.85. The number of esters is 1. The highest BCUT2D eigenvalue weighted by atomic mass is 16.8. The summed E-state index contributed by atoms with van der Waals surface area (Å²) in [5.41, 5.74) is 0.798. The van der Waals surface area contributed by atoms with Gasteiger partial charge in [0.05, 0.1) is 26.4 Å². The molecule has 6 N–H and O–H groups in total. The fraction of sp³-hybridized carbons (Fsp3) is 0.553. The Morgan fingerprint density at radius 3 is 2.56 bits per heavy atom. The van der Waals surface area contributed by atoms with E-state index in [1.807, 2.05) is 54.6 Å². The second-order valence-corrected chi connectivity index (χ2v) is 14.4. The lowest BCUT2D eigenvalue weighted by molar-refractivity contribution is -0.298. The number of benzene rings is 2. The maximum Gasteiger partial charge on any atom is 0.327 e. The number of carbonyl (C=O) groups excluding carboxylic acids is 3. The van der Waals surface area contributed by atoms with Crippen LogP contribution in [0.25, 0.3) is 6.08 Å². The van der Waals surface area contributed by atoms with Crippen LogP contribution in [0, 0.1) is 5.41 Å². The maximum atomic E-state index is 15.0. The Bertz CT molecular complexity index is 1710. The van der Waals surface area contributed by atoms with E-state index in [4.69, 9.17) is 28.5 Å². The molecule has 4 aliphatic heterocycles. The summed E-state index contributed by atoms with van der Waals surface area (Å²) < 4.78 is 28.7. The monoisotopic (exact) mass is 769 g/mol. The molecule has 7 rings (SSSR count). The van der Waals surface area contributed by atoms with Gasteiger partial charge >= 0.3 is 5.97 Å². The third kappa shape index (κ3) is 7.54. The summed E-state index contributed by atoms with van der Waals surface area (Å²) >= 11 is 0. The second-order valence-electron chi connectivity index (χ2n) is 14.4. The van der Waals surface area contributed by atoms with E-state index >= 15 is 4.79 Å². The van der Waals surface area contributed by atoms with Crippen molar-refractivity contribution in [3.8, 4) is 0 Å². The number of hydrogen-bond donors (Lipinski definition) is 6. The van der Waals surface area contributed by atoms with Crippen molar-refractivity contribution in [3.63, 3.8) is 0 Å². The van der Waals surface area contributed by atoms with Gasteiger partial charge in [0.25, 0.3) is 0 Å². The highest BCUT2D eigenvalue weighted by Gasteiger charge is 2.75. The van der Waals surface area contributed by atoms with Crippen molar-refractivity contribution in [1.82, 2.24) is 15.3 Å². The van der Waals surface area contributed by atoms with Crippen LogP contribution in [0.1, 0.15) is 23.1 Å². The maximum absolute atomic E-state index is 15.0. The van der Waals surface area contributed by atoms with Gasteiger partial charge in [-0.15, -0.1) is 0 Å². The summed E-state index contributed by atoms with van der Waals surface area (Å²) in [6.45, 7) is -0.875. The first-order valence-corrected chi connectivity index (χ1v) is 18.3. The van der Waals surface area contributed by atoms with Gasteiger partial charge in [-0.3, -0.25) is 19.2 Å². The zero-order valence-electron chi connectivity index (χ0n) is 30.2. The molecule has 2 aromatic rings. The molecule has 0 aromatic heterocycles. The molecule has 0 spiro atoms. The second kappa shape index (κ2) is 16.7. The molecule has 2 amide bonds. The van der Waals surface area contributed by atoms with Gasteiger partial charge in [-0.25, -0.2) is 0 Å². The number of carbonyl (C=O) groups is 3. The fourth-order valence-electron chi connectivity index (χ4n) is 8.34. The topological polar surface area (TPSA) is 226 Å². The van der Waals surface area contributed by atoms with Crippen LogP contribution in [0.2, 0.25) is 0 Å². The molecule has 1 aliphatic carbocycles. The first-order chi connectivity index (χ1) is 26.6. The lowest BCUT2D eigenvalue weighted by Gasteiger charge is -2.50. The molecule has 1 saturated carbocycles. The Balaban J connectivity index is 1.11.